The molecule has 0 aromatic rings. The first kappa shape index (κ1) is 31.6. The molecule has 0 bridgehead atoms. The molecule has 0 nitrogen and oxygen atoms in total. The van der Waals surface area contributed by atoms with Crippen LogP contribution in [0.2, 0.25) is 0 Å². The van der Waals surface area contributed by atoms with Crippen molar-refractivity contribution in [2.75, 3.05) is 0 Å². The van der Waals surface area contributed by atoms with E-state index >= 15 is 0 Å². The molecular weight excluding hydrogens is 270 g/mol. The van der Waals surface area contributed by atoms with Crippen molar-refractivity contribution in [2.24, 2.45) is 0 Å². The SMILES string of the molecule is [AlH3].[GaH3].[Mn].[SnH2]. The van der Waals surface area contributed by atoms with Crippen molar-refractivity contribution in [3.8, 4) is 0 Å². The molecule has 0 amide bonds. The van der Waals surface area contributed by atoms with Gasteiger partial charge in [0.1, 0.15) is 0 Å². The normalized spacial score (nSPS) is 0. The summed E-state index contributed by atoms with van der Waals surface area (Å²) in [6.45, 7) is 0. The van der Waals surface area contributed by atoms with E-state index in [1.807, 2.05) is 0 Å². The van der Waals surface area contributed by atoms with Gasteiger partial charge in [-0.15, -0.1) is 0 Å². The molecular formula is H8AlGaMnSn. The first-order chi connectivity index (χ1) is 0. The van der Waals surface area contributed by atoms with Crippen molar-refractivity contribution in [1.29, 1.82) is 0 Å². The summed E-state index contributed by atoms with van der Waals surface area (Å²) < 4.78 is 0. The maximum atomic E-state index is 0. The van der Waals surface area contributed by atoms with Crippen molar-refractivity contribution in [2.45, 2.75) is 0 Å². The van der Waals surface area contributed by atoms with E-state index in [-0.39, 0.29) is 78.1 Å². The Bertz CT molecular complexity index is 8.00. The topological polar surface area (TPSA) is 0 Å². The third-order valence-corrected chi connectivity index (χ3v) is 0. The molecule has 0 unspecified atom stereocenters. The zero-order chi connectivity index (χ0) is 0. The van der Waals surface area contributed by atoms with Crippen molar-refractivity contribution in [3.05, 3.63) is 0 Å². The van der Waals surface area contributed by atoms with Crippen LogP contribution in [-0.4, -0.2) is 61.1 Å². The van der Waals surface area contributed by atoms with E-state index < -0.39 is 0 Å². The molecule has 0 atom stereocenters. The molecule has 0 aliphatic carbocycles. The van der Waals surface area contributed by atoms with E-state index in [1.165, 1.54) is 0 Å². The molecule has 0 aromatic carbocycles. The minimum absolute atomic E-state index is 0. The van der Waals surface area contributed by atoms with Gasteiger partial charge in [-0.05, 0) is 0 Å². The third-order valence-electron chi connectivity index (χ3n) is 0. The summed E-state index contributed by atoms with van der Waals surface area (Å²) in [5.41, 5.74) is 0. The average Bonchev–Trinajstić information content (AvgIpc) is 0. The number of hydrogen-bond donors (Lipinski definition) is 0. The van der Waals surface area contributed by atoms with E-state index in [9.17, 15) is 0 Å². The number of hydrogen-bond acceptors (Lipinski definition) is 0. The summed E-state index contributed by atoms with van der Waals surface area (Å²) in [6.07, 6.45) is 0. The summed E-state index contributed by atoms with van der Waals surface area (Å²) in [6, 6.07) is 0. The predicted octanol–water partition coefficient (Wildman–Crippen LogP) is -3.29. The minimum atomic E-state index is 0. The Hall–Kier alpha value is 2.49. The summed E-state index contributed by atoms with van der Waals surface area (Å²) in [7, 11) is 0. The van der Waals surface area contributed by atoms with E-state index in [0.717, 1.165) is 0 Å². The van der Waals surface area contributed by atoms with Gasteiger partial charge >= 0.3 is 43.7 Å². The van der Waals surface area contributed by atoms with Crippen LogP contribution in [0.25, 0.3) is 0 Å². The van der Waals surface area contributed by atoms with Gasteiger partial charge in [-0.2, -0.15) is 0 Å². The fraction of sp³-hybridized carbons (Fsp3) is 0. The summed E-state index contributed by atoms with van der Waals surface area (Å²) in [5, 5.41) is 0. The Morgan fingerprint density at radius 1 is 1.00 bits per heavy atom. The van der Waals surface area contributed by atoms with E-state index in [4.69, 9.17) is 0 Å². The molecule has 0 saturated heterocycles. The van der Waals surface area contributed by atoms with Crippen molar-refractivity contribution < 1.29 is 17.1 Å². The Morgan fingerprint density at radius 2 is 1.00 bits per heavy atom. The molecule has 0 fully saturated rings. The van der Waals surface area contributed by atoms with Gasteiger partial charge in [0.15, 0.2) is 17.4 Å². The van der Waals surface area contributed by atoms with Crippen molar-refractivity contribution >= 4 is 61.1 Å². The zero-order valence-corrected chi connectivity index (χ0v) is 6.30. The van der Waals surface area contributed by atoms with Crippen molar-refractivity contribution in [1.82, 2.24) is 0 Å². The molecule has 0 saturated carbocycles. The van der Waals surface area contributed by atoms with Gasteiger partial charge in [0.2, 0.25) is 0 Å². The van der Waals surface area contributed by atoms with E-state index in [1.54, 1.807) is 0 Å². The molecule has 0 rings (SSSR count). The predicted molar refractivity (Wildman–Crippen MR) is 28.4 cm³/mol. The van der Waals surface area contributed by atoms with Crippen LogP contribution in [0.15, 0.2) is 0 Å². The molecule has 25 valence electrons. The molecule has 4 heteroatoms. The van der Waals surface area contributed by atoms with Crippen LogP contribution in [0.5, 0.6) is 0 Å². The van der Waals surface area contributed by atoms with E-state index in [2.05, 4.69) is 0 Å². The van der Waals surface area contributed by atoms with Gasteiger partial charge in [-0.1, -0.05) is 0 Å². The Balaban J connectivity index is 0. The standard InChI is InChI=1S/Al.Ga.Mn.Sn.8H. The van der Waals surface area contributed by atoms with Gasteiger partial charge in [-0.3, -0.25) is 0 Å². The van der Waals surface area contributed by atoms with Crippen LogP contribution in [0.4, 0.5) is 0 Å². The molecule has 0 spiro atoms. The Labute approximate surface area is 77.1 Å². The second-order valence-corrected chi connectivity index (χ2v) is 0. The van der Waals surface area contributed by atoms with Crippen LogP contribution in [0.1, 0.15) is 0 Å². The summed E-state index contributed by atoms with van der Waals surface area (Å²) in [5.74, 6) is 0. The van der Waals surface area contributed by atoms with Crippen LogP contribution in [-0.2, 0) is 17.1 Å². The molecule has 0 heterocycles. The second-order valence-electron chi connectivity index (χ2n) is 0. The molecule has 0 aromatic heterocycles. The first-order valence-electron chi connectivity index (χ1n) is 0. The quantitative estimate of drug-likeness (QED) is 0.408. The van der Waals surface area contributed by atoms with Crippen molar-refractivity contribution in [3.63, 3.8) is 0 Å². The average molecular weight is 278 g/mol. The molecule has 0 aliphatic rings. The molecule has 3 radical (unpaired) electrons. The molecule has 0 N–H and O–H groups in total. The van der Waals surface area contributed by atoms with Gasteiger partial charge in [0.05, 0.1) is 0 Å². The molecule has 4 heavy (non-hydrogen) atoms. The Morgan fingerprint density at radius 3 is 1.00 bits per heavy atom. The monoisotopic (exact) mass is 279 g/mol. The fourth-order valence-corrected chi connectivity index (χ4v) is 0. The fourth-order valence-electron chi connectivity index (χ4n) is 0. The first-order valence-corrected chi connectivity index (χ1v) is 0. The second kappa shape index (κ2) is 17.9. The maximum absolute atomic E-state index is 0. The summed E-state index contributed by atoms with van der Waals surface area (Å²) >= 11 is 0. The van der Waals surface area contributed by atoms with Gasteiger partial charge in [-0.25, -0.2) is 0 Å². The van der Waals surface area contributed by atoms with Crippen LogP contribution >= 0.6 is 0 Å². The zero-order valence-electron chi connectivity index (χ0n) is 1.09. The van der Waals surface area contributed by atoms with Gasteiger partial charge in [0.25, 0.3) is 0 Å². The van der Waals surface area contributed by atoms with Crippen LogP contribution in [0, 0.1) is 0 Å². The van der Waals surface area contributed by atoms with Gasteiger partial charge in [0, 0.05) is 17.1 Å². The summed E-state index contributed by atoms with van der Waals surface area (Å²) in [4.78, 5) is 0. The van der Waals surface area contributed by atoms with E-state index in [0.29, 0.717) is 0 Å². The van der Waals surface area contributed by atoms with Crippen LogP contribution in [0.3, 0.4) is 0 Å². The van der Waals surface area contributed by atoms with Crippen LogP contribution < -0.4 is 0 Å². The third kappa shape index (κ3) is 8.82. The molecule has 0 aliphatic heterocycles. The number of rotatable bonds is 0. The Kier molecular flexibility index (Phi) is 141. The van der Waals surface area contributed by atoms with Gasteiger partial charge < -0.3 is 0 Å².